The molecule has 1 heterocycles. The number of nitrogens with one attached hydrogen (secondary N) is 1. The van der Waals surface area contributed by atoms with Crippen LogP contribution in [0.3, 0.4) is 0 Å². The Hall–Kier alpha value is -1.78. The van der Waals surface area contributed by atoms with E-state index in [4.69, 9.17) is 10.5 Å². The van der Waals surface area contributed by atoms with Crippen LogP contribution < -0.4 is 11.1 Å². The number of carbonyl (C=O) groups excluding carboxylic acids is 1. The van der Waals surface area contributed by atoms with Gasteiger partial charge in [-0.05, 0) is 30.7 Å². The first kappa shape index (κ1) is 12.7. The maximum Gasteiger partial charge on any atom is 0.341 e. The number of methoxy groups -OCH3 is 1. The molecule has 1 fully saturated rings. The lowest BCUT2D eigenvalue weighted by Gasteiger charge is -2.15. The summed E-state index contributed by atoms with van der Waals surface area (Å²) in [5, 5.41) is 3.24. The van der Waals surface area contributed by atoms with Crippen molar-refractivity contribution >= 4 is 17.5 Å². The lowest BCUT2D eigenvalue weighted by atomic mass is 10.0. The van der Waals surface area contributed by atoms with Crippen molar-refractivity contribution in [2.75, 3.05) is 24.7 Å². The van der Waals surface area contributed by atoms with Crippen LogP contribution in [0.4, 0.5) is 11.5 Å². The van der Waals surface area contributed by atoms with Gasteiger partial charge >= 0.3 is 5.97 Å². The second-order valence-corrected chi connectivity index (χ2v) is 4.86. The average molecular weight is 249 g/mol. The molecule has 2 rings (SSSR count). The number of nitrogens with zero attached hydrogens (tertiary/aromatic N) is 1. The molecular formula is C13H19N3O2. The third-order valence-corrected chi connectivity index (χ3v) is 3.65. The fraction of sp³-hybridized carbons (Fsp3) is 0.538. The Balaban J connectivity index is 2.14. The van der Waals surface area contributed by atoms with Gasteiger partial charge in [-0.25, -0.2) is 9.78 Å². The molecule has 0 atom stereocenters. The summed E-state index contributed by atoms with van der Waals surface area (Å²) in [5.74, 6) is 0.134. The van der Waals surface area contributed by atoms with Gasteiger partial charge in [-0.15, -0.1) is 0 Å². The molecule has 0 bridgehead atoms. The van der Waals surface area contributed by atoms with Crippen LogP contribution in [0.15, 0.2) is 12.3 Å². The Bertz CT molecular complexity index is 456. The molecule has 0 radical (unpaired) electrons. The second kappa shape index (κ2) is 4.84. The lowest BCUT2D eigenvalue weighted by Crippen LogP contribution is -2.18. The van der Waals surface area contributed by atoms with Crippen LogP contribution in [0.5, 0.6) is 0 Å². The summed E-state index contributed by atoms with van der Waals surface area (Å²) in [5.41, 5.74) is 6.88. The normalized spacial score (nSPS) is 16.1. The van der Waals surface area contributed by atoms with Crippen LogP contribution in [-0.2, 0) is 4.74 Å². The molecule has 1 aromatic heterocycles. The fourth-order valence-electron chi connectivity index (χ4n) is 1.99. The van der Waals surface area contributed by atoms with Gasteiger partial charge in [0.1, 0.15) is 11.4 Å². The highest BCUT2D eigenvalue weighted by Crippen LogP contribution is 2.48. The molecule has 98 valence electrons. The first-order valence-electron chi connectivity index (χ1n) is 6.18. The quantitative estimate of drug-likeness (QED) is 0.781. The van der Waals surface area contributed by atoms with Gasteiger partial charge in [0.25, 0.3) is 0 Å². The number of carbonyl (C=O) groups is 1. The number of pyridine rings is 1. The topological polar surface area (TPSA) is 77.2 Å². The number of nitrogens with two attached hydrogens (primary N) is 1. The minimum atomic E-state index is -0.418. The molecule has 1 saturated carbocycles. The third kappa shape index (κ3) is 2.55. The zero-order valence-corrected chi connectivity index (χ0v) is 10.8. The molecular weight excluding hydrogens is 230 g/mol. The predicted octanol–water partition coefficient (Wildman–Crippen LogP) is 2.05. The highest BCUT2D eigenvalue weighted by molar-refractivity contribution is 5.95. The van der Waals surface area contributed by atoms with Gasteiger partial charge in [-0.3, -0.25) is 0 Å². The van der Waals surface area contributed by atoms with Crippen molar-refractivity contribution in [2.45, 2.75) is 26.2 Å². The smallest absolute Gasteiger partial charge is 0.341 e. The summed E-state index contributed by atoms with van der Waals surface area (Å²) < 4.78 is 4.73. The monoisotopic (exact) mass is 249 g/mol. The van der Waals surface area contributed by atoms with Crippen LogP contribution in [-0.4, -0.2) is 24.6 Å². The number of hydrogen-bond donors (Lipinski definition) is 2. The Morgan fingerprint density at radius 2 is 2.33 bits per heavy atom. The van der Waals surface area contributed by atoms with Crippen LogP contribution in [0, 0.1) is 5.41 Å². The Morgan fingerprint density at radius 3 is 2.89 bits per heavy atom. The Morgan fingerprint density at radius 1 is 1.61 bits per heavy atom. The van der Waals surface area contributed by atoms with Gasteiger partial charge in [0, 0.05) is 6.54 Å². The summed E-state index contributed by atoms with van der Waals surface area (Å²) in [6, 6.07) is 1.59. The average Bonchev–Trinajstić information content (AvgIpc) is 3.17. The molecule has 5 nitrogen and oxygen atoms in total. The maximum atomic E-state index is 11.6. The van der Waals surface area contributed by atoms with Crippen molar-refractivity contribution in [3.05, 3.63) is 17.8 Å². The number of aromatic nitrogens is 1. The van der Waals surface area contributed by atoms with Crippen molar-refractivity contribution in [3.63, 3.8) is 0 Å². The van der Waals surface area contributed by atoms with E-state index in [-0.39, 0.29) is 0 Å². The molecule has 0 aliphatic heterocycles. The SMILES string of the molecule is CCC1(CNc2ncc(N)cc2C(=O)OC)CC1. The number of esters is 1. The molecule has 1 aromatic rings. The number of anilines is 2. The molecule has 18 heavy (non-hydrogen) atoms. The minimum Gasteiger partial charge on any atom is -0.465 e. The first-order valence-corrected chi connectivity index (χ1v) is 6.18. The minimum absolute atomic E-state index is 0.385. The second-order valence-electron chi connectivity index (χ2n) is 4.86. The predicted molar refractivity (Wildman–Crippen MR) is 70.4 cm³/mol. The van der Waals surface area contributed by atoms with E-state index in [0.29, 0.717) is 22.5 Å². The molecule has 3 N–H and O–H groups in total. The molecule has 0 aromatic carbocycles. The Labute approximate surface area is 107 Å². The summed E-state index contributed by atoms with van der Waals surface area (Å²) in [6.45, 7) is 3.02. The number of ether oxygens (including phenoxy) is 1. The van der Waals surface area contributed by atoms with Gasteiger partial charge in [-0.2, -0.15) is 0 Å². The molecule has 0 saturated heterocycles. The van der Waals surface area contributed by atoms with Crippen molar-refractivity contribution in [2.24, 2.45) is 5.41 Å². The van der Waals surface area contributed by atoms with E-state index in [2.05, 4.69) is 17.2 Å². The van der Waals surface area contributed by atoms with E-state index >= 15 is 0 Å². The molecule has 1 aliphatic carbocycles. The number of rotatable bonds is 5. The summed E-state index contributed by atoms with van der Waals surface area (Å²) in [7, 11) is 1.35. The maximum absolute atomic E-state index is 11.6. The van der Waals surface area contributed by atoms with Crippen molar-refractivity contribution in [1.29, 1.82) is 0 Å². The van der Waals surface area contributed by atoms with E-state index in [0.717, 1.165) is 13.0 Å². The molecule has 0 spiro atoms. The van der Waals surface area contributed by atoms with Gasteiger partial charge < -0.3 is 15.8 Å². The highest BCUT2D eigenvalue weighted by atomic mass is 16.5. The van der Waals surface area contributed by atoms with E-state index in [1.807, 2.05) is 0 Å². The van der Waals surface area contributed by atoms with Crippen molar-refractivity contribution < 1.29 is 9.53 Å². The van der Waals surface area contributed by atoms with E-state index < -0.39 is 5.97 Å². The Kier molecular flexibility index (Phi) is 3.41. The standard InChI is InChI=1S/C13H19N3O2/c1-3-13(4-5-13)8-16-11-10(12(17)18-2)6-9(14)7-15-11/h6-7H,3-5,8,14H2,1-2H3,(H,15,16). The zero-order valence-electron chi connectivity index (χ0n) is 10.8. The third-order valence-electron chi connectivity index (χ3n) is 3.65. The zero-order chi connectivity index (χ0) is 13.2. The van der Waals surface area contributed by atoms with E-state index in [9.17, 15) is 4.79 Å². The molecule has 0 amide bonds. The van der Waals surface area contributed by atoms with Gasteiger partial charge in [0.2, 0.25) is 0 Å². The molecule has 1 aliphatic rings. The summed E-state index contributed by atoms with van der Waals surface area (Å²) in [6.07, 6.45) is 5.15. The highest BCUT2D eigenvalue weighted by Gasteiger charge is 2.40. The van der Waals surface area contributed by atoms with Crippen LogP contribution in [0.1, 0.15) is 36.5 Å². The summed E-state index contributed by atoms with van der Waals surface area (Å²) >= 11 is 0. The van der Waals surface area contributed by atoms with Crippen LogP contribution >= 0.6 is 0 Å². The van der Waals surface area contributed by atoms with Gasteiger partial charge in [0.05, 0.1) is 19.0 Å². The number of nitrogen functional groups attached to an aromatic ring is 1. The fourth-order valence-corrected chi connectivity index (χ4v) is 1.99. The first-order chi connectivity index (χ1) is 8.60. The van der Waals surface area contributed by atoms with E-state index in [1.165, 1.54) is 20.0 Å². The lowest BCUT2D eigenvalue weighted by molar-refractivity contribution is 0.0601. The molecule has 0 unspecified atom stereocenters. The number of hydrogen-bond acceptors (Lipinski definition) is 5. The van der Waals surface area contributed by atoms with E-state index in [1.54, 1.807) is 12.3 Å². The summed E-state index contributed by atoms with van der Waals surface area (Å²) in [4.78, 5) is 15.8. The van der Waals surface area contributed by atoms with Gasteiger partial charge in [-0.1, -0.05) is 6.92 Å². The van der Waals surface area contributed by atoms with Crippen LogP contribution in [0.2, 0.25) is 0 Å². The van der Waals surface area contributed by atoms with Crippen molar-refractivity contribution in [1.82, 2.24) is 4.98 Å². The largest absolute Gasteiger partial charge is 0.465 e. The van der Waals surface area contributed by atoms with Gasteiger partial charge in [0.15, 0.2) is 0 Å². The molecule has 5 heteroatoms. The van der Waals surface area contributed by atoms with Crippen molar-refractivity contribution in [3.8, 4) is 0 Å². The van der Waals surface area contributed by atoms with Crippen LogP contribution in [0.25, 0.3) is 0 Å².